The van der Waals surface area contributed by atoms with Gasteiger partial charge in [0.25, 0.3) is 0 Å². The molecule has 17 heavy (non-hydrogen) atoms. The summed E-state index contributed by atoms with van der Waals surface area (Å²) in [5.74, 6) is 0.143. The Balaban J connectivity index is 1.92. The quantitative estimate of drug-likeness (QED) is 0.463. The summed E-state index contributed by atoms with van der Waals surface area (Å²) in [4.78, 5) is 11.6. The molecule has 0 aliphatic rings. The van der Waals surface area contributed by atoms with Gasteiger partial charge < -0.3 is 0 Å². The molecule has 0 saturated carbocycles. The smallest absolute Gasteiger partial charge is 0.183 e. The second-order valence-corrected chi connectivity index (χ2v) is 5.00. The number of unbranched alkanes of at least 4 members (excludes halogenated alkanes) is 7. The van der Waals surface area contributed by atoms with Crippen molar-refractivity contribution in [2.24, 2.45) is 0 Å². The van der Waals surface area contributed by atoms with Crippen LogP contribution in [0.15, 0.2) is 6.20 Å². The van der Waals surface area contributed by atoms with E-state index in [4.69, 9.17) is 0 Å². The lowest BCUT2D eigenvalue weighted by Gasteiger charge is -2.00. The summed E-state index contributed by atoms with van der Waals surface area (Å²) in [5.41, 5.74) is 0.540. The zero-order valence-corrected chi connectivity index (χ0v) is 11.5. The van der Waals surface area contributed by atoms with Crippen LogP contribution in [0, 0.1) is 0 Å². The van der Waals surface area contributed by atoms with Gasteiger partial charge in [0.2, 0.25) is 0 Å². The number of hydrogen-bond acceptors (Lipinski definition) is 4. The number of ketones is 1. The first-order valence-corrected chi connectivity index (χ1v) is 7.38. The fraction of sp³-hybridized carbons (Fsp3) is 0.769. The van der Waals surface area contributed by atoms with Crippen molar-refractivity contribution >= 4 is 17.5 Å². The van der Waals surface area contributed by atoms with E-state index >= 15 is 0 Å². The van der Waals surface area contributed by atoms with Gasteiger partial charge in [-0.05, 0) is 6.42 Å². The van der Waals surface area contributed by atoms with Gasteiger partial charge in [-0.25, -0.2) is 0 Å². The fourth-order valence-corrected chi connectivity index (χ4v) is 2.27. The van der Waals surface area contributed by atoms with Crippen molar-refractivity contribution in [2.45, 2.75) is 64.7 Å². The molecule has 0 radical (unpaired) electrons. The zero-order valence-electron chi connectivity index (χ0n) is 10.7. The maximum absolute atomic E-state index is 11.6. The fourth-order valence-electron chi connectivity index (χ4n) is 1.84. The van der Waals surface area contributed by atoms with Crippen LogP contribution in [-0.4, -0.2) is 14.5 Å². The van der Waals surface area contributed by atoms with Gasteiger partial charge in [-0.3, -0.25) is 4.79 Å². The Kier molecular flexibility index (Phi) is 7.80. The number of aromatic nitrogens is 2. The normalized spacial score (nSPS) is 10.6. The van der Waals surface area contributed by atoms with Gasteiger partial charge >= 0.3 is 0 Å². The molecule has 1 aromatic heterocycles. The number of Topliss-reactive ketones (excluding diaryl/α,β-unsaturated/α-hetero) is 1. The summed E-state index contributed by atoms with van der Waals surface area (Å²) in [6.45, 7) is 2.24. The van der Waals surface area contributed by atoms with Crippen molar-refractivity contribution in [1.82, 2.24) is 8.75 Å². The maximum Gasteiger partial charge on any atom is 0.183 e. The van der Waals surface area contributed by atoms with Gasteiger partial charge in [0.1, 0.15) is 5.69 Å². The molecule has 0 spiro atoms. The Morgan fingerprint density at radius 1 is 1.12 bits per heavy atom. The van der Waals surface area contributed by atoms with Gasteiger partial charge in [-0.1, -0.05) is 51.9 Å². The molecule has 1 heterocycles. The average Bonchev–Trinajstić information content (AvgIpc) is 2.86. The first kappa shape index (κ1) is 14.3. The highest BCUT2D eigenvalue weighted by Gasteiger charge is 2.07. The molecule has 3 nitrogen and oxygen atoms in total. The molecular formula is C13H22N2OS. The maximum atomic E-state index is 11.6. The van der Waals surface area contributed by atoms with Gasteiger partial charge in [-0.15, -0.1) is 0 Å². The Morgan fingerprint density at radius 2 is 1.76 bits per heavy atom. The predicted molar refractivity (Wildman–Crippen MR) is 71.5 cm³/mol. The lowest BCUT2D eigenvalue weighted by molar-refractivity contribution is 0.0975. The molecule has 4 heteroatoms. The minimum atomic E-state index is 0.143. The predicted octanol–water partition coefficient (Wildman–Crippen LogP) is 4.25. The standard InChI is InChI=1S/C13H22N2OS/c1-2-3-4-5-6-7-8-9-10-13(16)12-11-14-17-15-12/h11H,2-10H2,1H3. The van der Waals surface area contributed by atoms with Crippen LogP contribution in [0.2, 0.25) is 0 Å². The molecule has 0 N–H and O–H groups in total. The number of nitrogens with zero attached hydrogens (tertiary/aromatic N) is 2. The van der Waals surface area contributed by atoms with Crippen molar-refractivity contribution in [3.63, 3.8) is 0 Å². The third kappa shape index (κ3) is 6.51. The lowest BCUT2D eigenvalue weighted by atomic mass is 10.1. The Bertz CT molecular complexity index is 298. The largest absolute Gasteiger partial charge is 0.292 e. The summed E-state index contributed by atoms with van der Waals surface area (Å²) in [6, 6.07) is 0. The van der Waals surface area contributed by atoms with Crippen molar-refractivity contribution in [3.8, 4) is 0 Å². The van der Waals surface area contributed by atoms with E-state index in [0.29, 0.717) is 12.1 Å². The van der Waals surface area contributed by atoms with Crippen LogP contribution in [0.25, 0.3) is 0 Å². The highest BCUT2D eigenvalue weighted by atomic mass is 32.1. The number of hydrogen-bond donors (Lipinski definition) is 0. The summed E-state index contributed by atoms with van der Waals surface area (Å²) in [5, 5.41) is 0. The van der Waals surface area contributed by atoms with Crippen LogP contribution in [0.5, 0.6) is 0 Å². The molecule has 0 saturated heterocycles. The molecule has 0 aliphatic carbocycles. The topological polar surface area (TPSA) is 42.9 Å². The summed E-state index contributed by atoms with van der Waals surface area (Å²) < 4.78 is 7.79. The van der Waals surface area contributed by atoms with E-state index in [1.807, 2.05) is 0 Å². The molecule has 0 amide bonds. The van der Waals surface area contributed by atoms with Crippen molar-refractivity contribution in [1.29, 1.82) is 0 Å². The Hall–Kier alpha value is -0.770. The van der Waals surface area contributed by atoms with E-state index in [1.165, 1.54) is 38.5 Å². The molecule has 96 valence electrons. The van der Waals surface area contributed by atoms with Crippen LogP contribution in [-0.2, 0) is 0 Å². The van der Waals surface area contributed by atoms with Gasteiger partial charge in [0.15, 0.2) is 5.78 Å². The molecule has 0 atom stereocenters. The van der Waals surface area contributed by atoms with E-state index in [9.17, 15) is 4.79 Å². The van der Waals surface area contributed by atoms with E-state index < -0.39 is 0 Å². The molecular weight excluding hydrogens is 232 g/mol. The molecule has 0 aliphatic heterocycles. The van der Waals surface area contributed by atoms with Gasteiger partial charge in [0.05, 0.1) is 17.9 Å². The summed E-state index contributed by atoms with van der Waals surface area (Å²) >= 11 is 1.10. The minimum Gasteiger partial charge on any atom is -0.292 e. The Morgan fingerprint density at radius 3 is 2.35 bits per heavy atom. The average molecular weight is 254 g/mol. The van der Waals surface area contributed by atoms with Crippen LogP contribution in [0.1, 0.15) is 75.2 Å². The summed E-state index contributed by atoms with van der Waals surface area (Å²) in [6.07, 6.45) is 12.3. The van der Waals surface area contributed by atoms with Gasteiger partial charge in [0, 0.05) is 6.42 Å². The van der Waals surface area contributed by atoms with E-state index in [1.54, 1.807) is 6.20 Å². The molecule has 1 rings (SSSR count). The van der Waals surface area contributed by atoms with Crippen LogP contribution in [0.3, 0.4) is 0 Å². The summed E-state index contributed by atoms with van der Waals surface area (Å²) in [7, 11) is 0. The highest BCUT2D eigenvalue weighted by Crippen LogP contribution is 2.11. The van der Waals surface area contributed by atoms with Crippen molar-refractivity contribution in [2.75, 3.05) is 0 Å². The first-order chi connectivity index (χ1) is 8.34. The first-order valence-electron chi connectivity index (χ1n) is 6.65. The SMILES string of the molecule is CCCCCCCCCCC(=O)c1cnsn1. The van der Waals surface area contributed by atoms with E-state index in [2.05, 4.69) is 15.7 Å². The van der Waals surface area contributed by atoms with Crippen LogP contribution >= 0.6 is 11.7 Å². The van der Waals surface area contributed by atoms with Crippen LogP contribution in [0.4, 0.5) is 0 Å². The third-order valence-corrected chi connectivity index (χ3v) is 3.38. The lowest BCUT2D eigenvalue weighted by Crippen LogP contribution is -1.98. The molecule has 0 aromatic carbocycles. The highest BCUT2D eigenvalue weighted by molar-refractivity contribution is 6.99. The van der Waals surface area contributed by atoms with E-state index in [0.717, 1.165) is 24.6 Å². The monoisotopic (exact) mass is 254 g/mol. The van der Waals surface area contributed by atoms with Gasteiger partial charge in [-0.2, -0.15) is 8.75 Å². The number of rotatable bonds is 10. The molecule has 0 fully saturated rings. The second kappa shape index (κ2) is 9.28. The van der Waals surface area contributed by atoms with Crippen LogP contribution < -0.4 is 0 Å². The molecule has 1 aromatic rings. The van der Waals surface area contributed by atoms with Crippen molar-refractivity contribution < 1.29 is 4.79 Å². The van der Waals surface area contributed by atoms with E-state index in [-0.39, 0.29) is 5.78 Å². The number of carbonyl (C=O) groups excluding carboxylic acids is 1. The third-order valence-electron chi connectivity index (χ3n) is 2.90. The molecule has 0 bridgehead atoms. The second-order valence-electron chi connectivity index (χ2n) is 4.44. The zero-order chi connectivity index (χ0) is 12.3. The Labute approximate surface area is 108 Å². The minimum absolute atomic E-state index is 0.143. The number of carbonyl (C=O) groups is 1. The molecule has 0 unspecified atom stereocenters. The van der Waals surface area contributed by atoms with Crippen molar-refractivity contribution in [3.05, 3.63) is 11.9 Å².